The van der Waals surface area contributed by atoms with E-state index in [1.165, 1.54) is 0 Å². The lowest BCUT2D eigenvalue weighted by Gasteiger charge is -2.31. The van der Waals surface area contributed by atoms with Crippen molar-refractivity contribution in [3.8, 4) is 0 Å². The average molecular weight is 221 g/mol. The van der Waals surface area contributed by atoms with Gasteiger partial charge in [-0.1, -0.05) is 6.07 Å². The molecular weight excluding hydrogens is 206 g/mol. The largest absolute Gasteiger partial charge is 0.330 e. The van der Waals surface area contributed by atoms with Gasteiger partial charge in [0.15, 0.2) is 0 Å². The van der Waals surface area contributed by atoms with Crippen LogP contribution in [0.25, 0.3) is 0 Å². The number of amides is 2. The Balaban J connectivity index is 1.87. The Morgan fingerprint density at radius 3 is 3.12 bits per heavy atom. The van der Waals surface area contributed by atoms with Crippen LogP contribution >= 0.6 is 0 Å². The van der Waals surface area contributed by atoms with E-state index in [0.717, 1.165) is 5.69 Å². The van der Waals surface area contributed by atoms with Crippen molar-refractivity contribution in [2.45, 2.75) is 25.7 Å². The van der Waals surface area contributed by atoms with Crippen molar-refractivity contribution in [2.24, 2.45) is 0 Å². The molecule has 6 heteroatoms. The van der Waals surface area contributed by atoms with Gasteiger partial charge in [-0.3, -0.25) is 15.7 Å². The fraction of sp³-hybridized carbons (Fsp3) is 0.400. The number of carbonyl (C=O) groups is 1. The first-order valence-electron chi connectivity index (χ1n) is 5.21. The molecule has 1 aliphatic rings. The molecule has 0 aliphatic carbocycles. The zero-order chi connectivity index (χ0) is 11.4. The lowest BCUT2D eigenvalue weighted by atomic mass is 10.2. The number of rotatable bonds is 3. The van der Waals surface area contributed by atoms with Crippen molar-refractivity contribution in [1.82, 2.24) is 26.5 Å². The van der Waals surface area contributed by atoms with Gasteiger partial charge in [-0.15, -0.1) is 0 Å². The second-order valence-corrected chi connectivity index (χ2v) is 3.71. The van der Waals surface area contributed by atoms with Gasteiger partial charge in [-0.25, -0.2) is 10.2 Å². The van der Waals surface area contributed by atoms with Crippen molar-refractivity contribution in [3.63, 3.8) is 0 Å². The summed E-state index contributed by atoms with van der Waals surface area (Å²) in [6.45, 7) is 2.60. The van der Waals surface area contributed by atoms with Crippen molar-refractivity contribution in [1.29, 1.82) is 0 Å². The minimum absolute atomic E-state index is 0.101. The van der Waals surface area contributed by atoms with Crippen LogP contribution < -0.4 is 21.5 Å². The molecule has 2 rings (SSSR count). The summed E-state index contributed by atoms with van der Waals surface area (Å²) in [4.78, 5) is 15.3. The summed E-state index contributed by atoms with van der Waals surface area (Å²) in [5.74, 6) is 0. The number of hydrazine groups is 1. The maximum Gasteiger partial charge on any atom is 0.330 e. The predicted octanol–water partition coefficient (Wildman–Crippen LogP) is -0.297. The van der Waals surface area contributed by atoms with Gasteiger partial charge in [-0.05, 0) is 19.1 Å². The number of nitrogens with zero attached hydrogens (tertiary/aromatic N) is 1. The molecule has 2 atom stereocenters. The van der Waals surface area contributed by atoms with E-state index in [1.54, 1.807) is 6.20 Å². The van der Waals surface area contributed by atoms with E-state index in [1.807, 2.05) is 25.1 Å². The highest BCUT2D eigenvalue weighted by atomic mass is 16.2. The molecule has 2 amide bonds. The standard InChI is InChI=1S/C10H15N5O/c1-7-9(13-10(16)15-14-7)12-6-8-4-2-3-5-11-8/h2-5,7,9,12,14H,6H2,1H3,(H2,13,15,16). The van der Waals surface area contributed by atoms with Gasteiger partial charge in [0.2, 0.25) is 0 Å². The zero-order valence-corrected chi connectivity index (χ0v) is 9.03. The molecule has 0 saturated carbocycles. The van der Waals surface area contributed by atoms with E-state index in [0.29, 0.717) is 6.54 Å². The Hall–Kier alpha value is -1.66. The second kappa shape index (κ2) is 4.91. The van der Waals surface area contributed by atoms with Gasteiger partial charge in [0.1, 0.15) is 0 Å². The molecule has 4 N–H and O–H groups in total. The summed E-state index contributed by atoms with van der Waals surface area (Å²) in [7, 11) is 0. The van der Waals surface area contributed by atoms with E-state index in [4.69, 9.17) is 0 Å². The first kappa shape index (κ1) is 10.8. The van der Waals surface area contributed by atoms with Crippen LogP contribution in [-0.4, -0.2) is 23.2 Å². The topological polar surface area (TPSA) is 78.1 Å². The normalized spacial score (nSPS) is 24.7. The number of hydrogen-bond acceptors (Lipinski definition) is 4. The zero-order valence-electron chi connectivity index (χ0n) is 9.03. The Morgan fingerprint density at radius 1 is 1.50 bits per heavy atom. The molecule has 0 radical (unpaired) electrons. The average Bonchev–Trinajstić information content (AvgIpc) is 2.32. The lowest BCUT2D eigenvalue weighted by molar-refractivity contribution is 0.200. The van der Waals surface area contributed by atoms with Crippen LogP contribution in [-0.2, 0) is 6.54 Å². The smallest absolute Gasteiger partial charge is 0.320 e. The molecule has 2 heterocycles. The van der Waals surface area contributed by atoms with Crippen molar-refractivity contribution < 1.29 is 4.79 Å². The lowest BCUT2D eigenvalue weighted by Crippen LogP contribution is -2.67. The highest BCUT2D eigenvalue weighted by Crippen LogP contribution is 1.97. The second-order valence-electron chi connectivity index (χ2n) is 3.71. The Kier molecular flexibility index (Phi) is 3.33. The molecule has 6 nitrogen and oxygen atoms in total. The third kappa shape index (κ3) is 2.68. The summed E-state index contributed by atoms with van der Waals surface area (Å²) in [5.41, 5.74) is 6.32. The van der Waals surface area contributed by atoms with Crippen LogP contribution in [0.1, 0.15) is 12.6 Å². The highest BCUT2D eigenvalue weighted by Gasteiger charge is 2.23. The van der Waals surface area contributed by atoms with Crippen LogP contribution in [0.2, 0.25) is 0 Å². The Morgan fingerprint density at radius 2 is 2.38 bits per heavy atom. The Labute approximate surface area is 93.8 Å². The van der Waals surface area contributed by atoms with Gasteiger partial charge >= 0.3 is 6.03 Å². The third-order valence-corrected chi connectivity index (χ3v) is 2.43. The first-order valence-corrected chi connectivity index (χ1v) is 5.21. The Bertz CT molecular complexity index is 355. The highest BCUT2D eigenvalue weighted by molar-refractivity contribution is 5.74. The molecule has 1 aromatic heterocycles. The van der Waals surface area contributed by atoms with E-state index in [2.05, 4.69) is 26.5 Å². The summed E-state index contributed by atoms with van der Waals surface area (Å²) < 4.78 is 0. The van der Waals surface area contributed by atoms with Crippen LogP contribution in [0, 0.1) is 0 Å². The number of nitrogens with one attached hydrogen (secondary N) is 4. The summed E-state index contributed by atoms with van der Waals surface area (Å²) in [6.07, 6.45) is 1.65. The van der Waals surface area contributed by atoms with E-state index >= 15 is 0 Å². The SMILES string of the molecule is CC1NNC(=O)NC1NCc1ccccn1. The van der Waals surface area contributed by atoms with Crippen LogP contribution in [0.4, 0.5) is 4.79 Å². The van der Waals surface area contributed by atoms with Gasteiger partial charge in [-0.2, -0.15) is 0 Å². The fourth-order valence-electron chi connectivity index (χ4n) is 1.51. The van der Waals surface area contributed by atoms with Crippen molar-refractivity contribution in [2.75, 3.05) is 0 Å². The van der Waals surface area contributed by atoms with E-state index in [-0.39, 0.29) is 18.2 Å². The minimum Gasteiger partial charge on any atom is -0.320 e. The van der Waals surface area contributed by atoms with Crippen molar-refractivity contribution >= 4 is 6.03 Å². The van der Waals surface area contributed by atoms with Gasteiger partial charge in [0.05, 0.1) is 17.9 Å². The molecule has 16 heavy (non-hydrogen) atoms. The number of hydrogen-bond donors (Lipinski definition) is 4. The van der Waals surface area contributed by atoms with Crippen LogP contribution in [0.15, 0.2) is 24.4 Å². The maximum absolute atomic E-state index is 11.1. The maximum atomic E-state index is 11.1. The summed E-state index contributed by atoms with van der Waals surface area (Å²) in [6, 6.07) is 5.64. The number of aromatic nitrogens is 1. The molecule has 0 bridgehead atoms. The van der Waals surface area contributed by atoms with Gasteiger partial charge < -0.3 is 5.32 Å². The molecule has 1 aromatic rings. The van der Waals surface area contributed by atoms with E-state index < -0.39 is 0 Å². The van der Waals surface area contributed by atoms with Crippen LogP contribution in [0.3, 0.4) is 0 Å². The molecule has 0 aromatic carbocycles. The molecule has 1 fully saturated rings. The summed E-state index contributed by atoms with van der Waals surface area (Å²) in [5, 5.41) is 6.01. The number of urea groups is 1. The molecule has 2 unspecified atom stereocenters. The van der Waals surface area contributed by atoms with E-state index in [9.17, 15) is 4.79 Å². The van der Waals surface area contributed by atoms with Crippen molar-refractivity contribution in [3.05, 3.63) is 30.1 Å². The van der Waals surface area contributed by atoms with Gasteiger partial charge in [0.25, 0.3) is 0 Å². The predicted molar refractivity (Wildman–Crippen MR) is 59.1 cm³/mol. The number of pyridine rings is 1. The molecule has 86 valence electrons. The van der Waals surface area contributed by atoms with Gasteiger partial charge in [0, 0.05) is 12.7 Å². The monoisotopic (exact) mass is 221 g/mol. The summed E-state index contributed by atoms with van der Waals surface area (Å²) >= 11 is 0. The quantitative estimate of drug-likeness (QED) is 0.565. The molecule has 1 aliphatic heterocycles. The first-order chi connectivity index (χ1) is 7.75. The van der Waals surface area contributed by atoms with Crippen LogP contribution in [0.5, 0.6) is 0 Å². The molecule has 0 spiro atoms. The molecular formula is C10H15N5O. The number of carbonyl (C=O) groups excluding carboxylic acids is 1. The third-order valence-electron chi connectivity index (χ3n) is 2.43. The fourth-order valence-corrected chi connectivity index (χ4v) is 1.51. The molecule has 1 saturated heterocycles. The minimum atomic E-state index is -0.225.